The lowest BCUT2D eigenvalue weighted by molar-refractivity contribution is 0.114. The molecule has 24 heavy (non-hydrogen) atoms. The van der Waals surface area contributed by atoms with E-state index in [-0.39, 0.29) is 0 Å². The molecular weight excluding hydrogens is 300 g/mol. The van der Waals surface area contributed by atoms with Crippen LogP contribution in [0.15, 0.2) is 0 Å². The number of ether oxygens (including phenoxy) is 2. The molecule has 4 heterocycles. The number of nitrogens with zero attached hydrogens (tertiary/aromatic N) is 2. The van der Waals surface area contributed by atoms with Crippen molar-refractivity contribution >= 4 is 0 Å². The summed E-state index contributed by atoms with van der Waals surface area (Å²) in [6, 6.07) is 0. The van der Waals surface area contributed by atoms with Gasteiger partial charge in [0.2, 0.25) is 0 Å². The second kappa shape index (κ2) is 6.86. The highest BCUT2D eigenvalue weighted by Gasteiger charge is 2.41. The van der Waals surface area contributed by atoms with Crippen LogP contribution in [-0.4, -0.2) is 73.5 Å². The summed E-state index contributed by atoms with van der Waals surface area (Å²) >= 11 is 0. The van der Waals surface area contributed by atoms with Crippen LogP contribution in [0.4, 0.5) is 0 Å². The number of hydrogen-bond acceptors (Lipinski definition) is 4. The maximum atomic E-state index is 5.45. The normalized spacial score (nSPS) is 37.2. The third-order valence-electron chi connectivity index (χ3n) is 6.38. The van der Waals surface area contributed by atoms with Gasteiger partial charge in [0.05, 0.1) is 26.4 Å². The van der Waals surface area contributed by atoms with Gasteiger partial charge >= 0.3 is 0 Å². The summed E-state index contributed by atoms with van der Waals surface area (Å²) in [5, 5.41) is 0. The molecule has 0 aromatic carbocycles. The fraction of sp³-hybridized carbons (Fsp3) is 1.00. The molecule has 4 atom stereocenters. The molecule has 0 radical (unpaired) electrons. The first-order chi connectivity index (χ1) is 11.1. The minimum Gasteiger partial charge on any atom is -0.381 e. The summed E-state index contributed by atoms with van der Waals surface area (Å²) in [5.74, 6) is 3.29. The Balaban J connectivity index is 0.000000141. The second-order valence-corrected chi connectivity index (χ2v) is 10.3. The van der Waals surface area contributed by atoms with Crippen LogP contribution < -0.4 is 0 Å². The van der Waals surface area contributed by atoms with E-state index in [1.165, 1.54) is 26.2 Å². The van der Waals surface area contributed by atoms with Gasteiger partial charge in [-0.05, 0) is 41.5 Å². The van der Waals surface area contributed by atoms with Crippen molar-refractivity contribution in [1.29, 1.82) is 0 Å². The molecule has 0 aromatic rings. The van der Waals surface area contributed by atoms with Crippen LogP contribution in [0, 0.1) is 23.7 Å². The molecule has 4 aliphatic rings. The first-order valence-electron chi connectivity index (χ1n) is 9.80. The van der Waals surface area contributed by atoms with Gasteiger partial charge in [0.15, 0.2) is 0 Å². The van der Waals surface area contributed by atoms with E-state index in [9.17, 15) is 0 Å². The lowest BCUT2D eigenvalue weighted by Gasteiger charge is -2.32. The molecule has 4 nitrogen and oxygen atoms in total. The molecule has 0 spiro atoms. The maximum absolute atomic E-state index is 5.45. The SMILES string of the molecule is CC(C)(C)N1C[C@@H]2COC[C@H]2C1.CC(C)(C)N1C[C@H]2COC[C@H]2C1. The molecule has 4 rings (SSSR count). The molecule has 0 amide bonds. The molecule has 0 aromatic heterocycles. The molecular formula is C20H38N2O2. The van der Waals surface area contributed by atoms with E-state index < -0.39 is 0 Å². The Morgan fingerprint density at radius 1 is 0.542 bits per heavy atom. The molecule has 4 saturated heterocycles. The number of hydrogen-bond donors (Lipinski definition) is 0. The van der Waals surface area contributed by atoms with Crippen LogP contribution in [0.2, 0.25) is 0 Å². The minimum atomic E-state index is 0.352. The molecule has 140 valence electrons. The molecule has 4 aliphatic heterocycles. The molecule has 4 fully saturated rings. The zero-order chi connectivity index (χ0) is 17.5. The van der Waals surface area contributed by atoms with Crippen molar-refractivity contribution in [3.63, 3.8) is 0 Å². The van der Waals surface area contributed by atoms with Gasteiger partial charge in [-0.2, -0.15) is 0 Å². The Morgan fingerprint density at radius 2 is 0.792 bits per heavy atom. The highest BCUT2D eigenvalue weighted by molar-refractivity contribution is 4.93. The van der Waals surface area contributed by atoms with E-state index in [2.05, 4.69) is 51.3 Å². The van der Waals surface area contributed by atoms with Gasteiger partial charge in [0, 0.05) is 60.9 Å². The lowest BCUT2D eigenvalue weighted by atomic mass is 10.0. The second-order valence-electron chi connectivity index (χ2n) is 10.3. The largest absolute Gasteiger partial charge is 0.381 e. The summed E-state index contributed by atoms with van der Waals surface area (Å²) in [5.41, 5.74) is 0.703. The Hall–Kier alpha value is -0.160. The van der Waals surface area contributed by atoms with Crippen molar-refractivity contribution < 1.29 is 9.47 Å². The van der Waals surface area contributed by atoms with Crippen molar-refractivity contribution in [1.82, 2.24) is 9.80 Å². The summed E-state index contributed by atoms with van der Waals surface area (Å²) in [6.45, 7) is 22.8. The van der Waals surface area contributed by atoms with Gasteiger partial charge in [0.25, 0.3) is 0 Å². The van der Waals surface area contributed by atoms with E-state index in [1.54, 1.807) is 0 Å². The molecule has 0 N–H and O–H groups in total. The van der Waals surface area contributed by atoms with Crippen LogP contribution in [0.5, 0.6) is 0 Å². The van der Waals surface area contributed by atoms with Crippen LogP contribution in [0.3, 0.4) is 0 Å². The third kappa shape index (κ3) is 4.14. The minimum absolute atomic E-state index is 0.352. The fourth-order valence-corrected chi connectivity index (χ4v) is 4.47. The number of fused-ring (bicyclic) bond motifs is 2. The predicted molar refractivity (Wildman–Crippen MR) is 98.3 cm³/mol. The predicted octanol–water partition coefficient (Wildman–Crippen LogP) is 2.73. The number of rotatable bonds is 0. The van der Waals surface area contributed by atoms with Crippen molar-refractivity contribution in [2.24, 2.45) is 23.7 Å². The monoisotopic (exact) mass is 338 g/mol. The first kappa shape index (κ1) is 18.6. The van der Waals surface area contributed by atoms with Crippen LogP contribution in [0.25, 0.3) is 0 Å². The summed E-state index contributed by atoms with van der Waals surface area (Å²) in [7, 11) is 0. The Bertz CT molecular complexity index is 362. The average molecular weight is 339 g/mol. The zero-order valence-corrected chi connectivity index (χ0v) is 16.7. The molecule has 0 unspecified atom stereocenters. The van der Waals surface area contributed by atoms with Crippen LogP contribution in [0.1, 0.15) is 41.5 Å². The van der Waals surface area contributed by atoms with Crippen LogP contribution in [-0.2, 0) is 9.47 Å². The van der Waals surface area contributed by atoms with Crippen molar-refractivity contribution in [2.75, 3.05) is 52.6 Å². The first-order valence-corrected chi connectivity index (χ1v) is 9.80. The van der Waals surface area contributed by atoms with Crippen molar-refractivity contribution in [3.8, 4) is 0 Å². The summed E-state index contributed by atoms with van der Waals surface area (Å²) < 4.78 is 10.9. The standard InChI is InChI=1S/2C10H19NO/c2*1-10(2,3)11-4-8-6-12-7-9(8)5-11/h2*8-9H,4-7H2,1-3H3/t8-,9+;8-,9-/m.1/s1. The molecule has 4 heteroatoms. The van der Waals surface area contributed by atoms with Gasteiger partial charge in [-0.1, -0.05) is 0 Å². The Labute approximate surface area is 148 Å². The van der Waals surface area contributed by atoms with Gasteiger partial charge in [-0.15, -0.1) is 0 Å². The highest BCUT2D eigenvalue weighted by Crippen LogP contribution is 2.33. The van der Waals surface area contributed by atoms with Gasteiger partial charge in [-0.25, -0.2) is 0 Å². The topological polar surface area (TPSA) is 24.9 Å². The average Bonchev–Trinajstić information content (AvgIpc) is 3.16. The van der Waals surface area contributed by atoms with Gasteiger partial charge in [0.1, 0.15) is 0 Å². The van der Waals surface area contributed by atoms with E-state index in [4.69, 9.17) is 9.47 Å². The highest BCUT2D eigenvalue weighted by atomic mass is 16.5. The number of likely N-dealkylation sites (tertiary alicyclic amines) is 2. The zero-order valence-electron chi connectivity index (χ0n) is 16.7. The van der Waals surface area contributed by atoms with Gasteiger partial charge in [-0.3, -0.25) is 9.80 Å². The smallest absolute Gasteiger partial charge is 0.0510 e. The third-order valence-corrected chi connectivity index (χ3v) is 6.38. The molecule has 0 saturated carbocycles. The van der Waals surface area contributed by atoms with Crippen molar-refractivity contribution in [3.05, 3.63) is 0 Å². The Kier molecular flexibility index (Phi) is 5.33. The lowest BCUT2D eigenvalue weighted by Crippen LogP contribution is -2.40. The van der Waals surface area contributed by atoms with Crippen molar-refractivity contribution in [2.45, 2.75) is 52.6 Å². The van der Waals surface area contributed by atoms with Crippen LogP contribution >= 0.6 is 0 Å². The van der Waals surface area contributed by atoms with E-state index >= 15 is 0 Å². The fourth-order valence-electron chi connectivity index (χ4n) is 4.47. The Morgan fingerprint density at radius 3 is 1.00 bits per heavy atom. The molecule has 0 bridgehead atoms. The summed E-state index contributed by atoms with van der Waals surface area (Å²) in [4.78, 5) is 5.18. The maximum Gasteiger partial charge on any atom is 0.0510 e. The summed E-state index contributed by atoms with van der Waals surface area (Å²) in [6.07, 6.45) is 0. The van der Waals surface area contributed by atoms with Gasteiger partial charge < -0.3 is 9.47 Å². The quantitative estimate of drug-likeness (QED) is 0.678. The molecule has 0 aliphatic carbocycles. The van der Waals surface area contributed by atoms with E-state index in [0.717, 1.165) is 50.1 Å². The van der Waals surface area contributed by atoms with E-state index in [0.29, 0.717) is 11.1 Å². The van der Waals surface area contributed by atoms with E-state index in [1.807, 2.05) is 0 Å².